The molecule has 0 fully saturated rings. The molecule has 0 aliphatic heterocycles. The van der Waals surface area contributed by atoms with Crippen molar-refractivity contribution in [2.45, 2.75) is 66.1 Å². The normalized spacial score (nSPS) is 12.2. The number of aryl methyl sites for hydroxylation is 2. The first-order chi connectivity index (χ1) is 14.9. The van der Waals surface area contributed by atoms with Gasteiger partial charge in [-0.25, -0.2) is 0 Å². The fourth-order valence-corrected chi connectivity index (χ4v) is 3.99. The van der Waals surface area contributed by atoms with Gasteiger partial charge in [-0.1, -0.05) is 42.3 Å². The van der Waals surface area contributed by atoms with Gasteiger partial charge >= 0.3 is 0 Å². The van der Waals surface area contributed by atoms with Crippen LogP contribution >= 0.6 is 23.2 Å². The van der Waals surface area contributed by atoms with E-state index in [1.54, 1.807) is 18.2 Å². The van der Waals surface area contributed by atoms with Gasteiger partial charge in [0.25, 0.3) is 5.91 Å². The number of benzene rings is 2. The maximum Gasteiger partial charge on any atom is 0.261 e. The van der Waals surface area contributed by atoms with Crippen LogP contribution in [0.25, 0.3) is 0 Å². The molecule has 1 atom stereocenters. The number of nitrogens with one attached hydrogen (secondary N) is 1. The van der Waals surface area contributed by atoms with E-state index in [0.29, 0.717) is 27.8 Å². The molecule has 0 spiro atoms. The molecule has 0 aliphatic carbocycles. The number of carbonyl (C=O) groups excluding carboxylic acids is 2. The zero-order chi connectivity index (χ0) is 24.1. The first-order valence-electron chi connectivity index (χ1n) is 10.7. The van der Waals surface area contributed by atoms with Gasteiger partial charge in [0, 0.05) is 27.7 Å². The van der Waals surface area contributed by atoms with Crippen LogP contribution in [0.15, 0.2) is 36.4 Å². The van der Waals surface area contributed by atoms with Crippen LogP contribution in [-0.4, -0.2) is 34.9 Å². The number of rotatable bonds is 8. The van der Waals surface area contributed by atoms with Crippen molar-refractivity contribution in [1.82, 2.24) is 10.2 Å². The number of nitrogens with zero attached hydrogens (tertiary/aromatic N) is 1. The van der Waals surface area contributed by atoms with Crippen LogP contribution in [-0.2, 0) is 16.1 Å². The molecule has 0 saturated heterocycles. The van der Waals surface area contributed by atoms with Crippen molar-refractivity contribution in [1.29, 1.82) is 0 Å². The molecule has 32 heavy (non-hydrogen) atoms. The van der Waals surface area contributed by atoms with E-state index in [0.717, 1.165) is 11.1 Å². The highest BCUT2D eigenvalue weighted by Gasteiger charge is 2.31. The second-order valence-corrected chi connectivity index (χ2v) is 9.81. The largest absolute Gasteiger partial charge is 0.484 e. The molecule has 2 aromatic carbocycles. The van der Waals surface area contributed by atoms with E-state index in [-0.39, 0.29) is 25.0 Å². The predicted molar refractivity (Wildman–Crippen MR) is 130 cm³/mol. The van der Waals surface area contributed by atoms with Crippen LogP contribution in [0.2, 0.25) is 10.0 Å². The zero-order valence-electron chi connectivity index (χ0n) is 19.6. The minimum Gasteiger partial charge on any atom is -0.484 e. The van der Waals surface area contributed by atoms with E-state index in [1.807, 2.05) is 59.7 Å². The zero-order valence-corrected chi connectivity index (χ0v) is 21.1. The third kappa shape index (κ3) is 7.42. The van der Waals surface area contributed by atoms with Gasteiger partial charge in [-0.3, -0.25) is 9.59 Å². The van der Waals surface area contributed by atoms with Gasteiger partial charge in [-0.05, 0) is 76.4 Å². The van der Waals surface area contributed by atoms with Crippen LogP contribution in [0.5, 0.6) is 5.75 Å². The Hall–Kier alpha value is -2.24. The highest BCUT2D eigenvalue weighted by atomic mass is 35.5. The van der Waals surface area contributed by atoms with Crippen molar-refractivity contribution in [3.8, 4) is 5.75 Å². The van der Waals surface area contributed by atoms with E-state index in [2.05, 4.69) is 5.32 Å². The third-order valence-corrected chi connectivity index (χ3v) is 5.54. The second kappa shape index (κ2) is 11.1. The number of carbonyl (C=O) groups is 2. The quantitative estimate of drug-likeness (QED) is 0.528. The Kier molecular flexibility index (Phi) is 8.99. The van der Waals surface area contributed by atoms with Gasteiger partial charge in [0.1, 0.15) is 11.8 Å². The maximum absolute atomic E-state index is 13.3. The molecule has 2 amide bonds. The van der Waals surface area contributed by atoms with Crippen molar-refractivity contribution in [2.75, 3.05) is 6.61 Å². The van der Waals surface area contributed by atoms with Gasteiger partial charge in [0.15, 0.2) is 6.61 Å². The Bertz CT molecular complexity index is 930. The molecule has 2 rings (SSSR count). The molecule has 0 saturated carbocycles. The van der Waals surface area contributed by atoms with Gasteiger partial charge in [-0.15, -0.1) is 0 Å². The van der Waals surface area contributed by atoms with Gasteiger partial charge in [-0.2, -0.15) is 0 Å². The average molecular weight is 479 g/mol. The Morgan fingerprint density at radius 1 is 1.06 bits per heavy atom. The summed E-state index contributed by atoms with van der Waals surface area (Å²) in [6.45, 7) is 11.4. The Morgan fingerprint density at radius 2 is 1.62 bits per heavy atom. The smallest absolute Gasteiger partial charge is 0.261 e. The third-order valence-electron chi connectivity index (χ3n) is 4.83. The molecule has 0 bridgehead atoms. The van der Waals surface area contributed by atoms with Crippen molar-refractivity contribution >= 4 is 35.0 Å². The van der Waals surface area contributed by atoms with Crippen molar-refractivity contribution in [2.24, 2.45) is 0 Å². The number of halogens is 2. The predicted octanol–water partition coefficient (Wildman–Crippen LogP) is 5.71. The summed E-state index contributed by atoms with van der Waals surface area (Å²) in [6.07, 6.45) is 0.430. The molecule has 2 aromatic rings. The highest BCUT2D eigenvalue weighted by molar-refractivity contribution is 6.36. The molecule has 0 aliphatic rings. The summed E-state index contributed by atoms with van der Waals surface area (Å²) in [6, 6.07) is 10.3. The monoisotopic (exact) mass is 478 g/mol. The molecule has 1 N–H and O–H groups in total. The van der Waals surface area contributed by atoms with Crippen LogP contribution in [0.1, 0.15) is 50.8 Å². The van der Waals surface area contributed by atoms with Gasteiger partial charge < -0.3 is 15.0 Å². The molecular weight excluding hydrogens is 447 g/mol. The SMILES string of the molecule is CC[C@H](C(=O)NC(C)(C)C)N(Cc1c(Cl)cccc1Cl)C(=O)COc1cc(C)cc(C)c1. The van der Waals surface area contributed by atoms with Crippen molar-refractivity contribution in [3.63, 3.8) is 0 Å². The highest BCUT2D eigenvalue weighted by Crippen LogP contribution is 2.27. The topological polar surface area (TPSA) is 58.6 Å². The van der Waals surface area contributed by atoms with Crippen LogP contribution in [0.3, 0.4) is 0 Å². The number of ether oxygens (including phenoxy) is 1. The molecule has 7 heteroatoms. The lowest BCUT2D eigenvalue weighted by atomic mass is 10.1. The minimum absolute atomic E-state index is 0.101. The molecule has 0 unspecified atom stereocenters. The molecule has 5 nitrogen and oxygen atoms in total. The fraction of sp³-hybridized carbons (Fsp3) is 0.440. The summed E-state index contributed by atoms with van der Waals surface area (Å²) in [5.41, 5.74) is 2.25. The summed E-state index contributed by atoms with van der Waals surface area (Å²) in [4.78, 5) is 27.9. The molecule has 0 aromatic heterocycles. The molecule has 0 radical (unpaired) electrons. The van der Waals surface area contributed by atoms with Crippen molar-refractivity contribution in [3.05, 3.63) is 63.1 Å². The van der Waals surface area contributed by atoms with Gasteiger partial charge in [0.2, 0.25) is 5.91 Å². The summed E-state index contributed by atoms with van der Waals surface area (Å²) in [5.74, 6) is 0.0535. The lowest BCUT2D eigenvalue weighted by molar-refractivity contribution is -0.143. The number of amides is 2. The first-order valence-corrected chi connectivity index (χ1v) is 11.4. The van der Waals surface area contributed by atoms with E-state index in [1.165, 1.54) is 4.90 Å². The minimum atomic E-state index is -0.697. The molecule has 174 valence electrons. The second-order valence-electron chi connectivity index (χ2n) is 9.00. The van der Waals surface area contributed by atoms with E-state index in [9.17, 15) is 9.59 Å². The van der Waals surface area contributed by atoms with Crippen LogP contribution in [0.4, 0.5) is 0 Å². The first kappa shape index (κ1) is 26.0. The van der Waals surface area contributed by atoms with Crippen molar-refractivity contribution < 1.29 is 14.3 Å². The Morgan fingerprint density at radius 3 is 2.12 bits per heavy atom. The molecular formula is C25H32Cl2N2O3. The van der Waals surface area contributed by atoms with E-state index >= 15 is 0 Å². The van der Waals surface area contributed by atoms with Crippen LogP contribution < -0.4 is 10.1 Å². The van der Waals surface area contributed by atoms with Gasteiger partial charge in [0.05, 0.1) is 0 Å². The van der Waals surface area contributed by atoms with E-state index in [4.69, 9.17) is 27.9 Å². The summed E-state index contributed by atoms with van der Waals surface area (Å²) in [5, 5.41) is 3.85. The fourth-order valence-electron chi connectivity index (χ4n) is 3.47. The lowest BCUT2D eigenvalue weighted by Crippen LogP contribution is -2.54. The lowest BCUT2D eigenvalue weighted by Gasteiger charge is -2.33. The maximum atomic E-state index is 13.3. The summed E-state index contributed by atoms with van der Waals surface area (Å²) in [7, 11) is 0. The number of hydrogen-bond acceptors (Lipinski definition) is 3. The number of hydrogen-bond donors (Lipinski definition) is 1. The Labute approximate surface area is 201 Å². The average Bonchev–Trinajstić information content (AvgIpc) is 2.66. The standard InChI is InChI=1S/C25H32Cl2N2O3/c1-7-22(24(31)28-25(4,5)6)29(14-19-20(26)9-8-10-21(19)27)23(30)15-32-18-12-16(2)11-17(3)13-18/h8-13,22H,7,14-15H2,1-6H3,(H,28,31)/t22-/m1/s1. The summed E-state index contributed by atoms with van der Waals surface area (Å²) >= 11 is 12.7. The van der Waals surface area contributed by atoms with Crippen LogP contribution in [0, 0.1) is 13.8 Å². The summed E-state index contributed by atoms with van der Waals surface area (Å²) < 4.78 is 5.80. The molecule has 0 heterocycles. The van der Waals surface area contributed by atoms with E-state index < -0.39 is 11.6 Å². The Balaban J connectivity index is 2.32.